The molecule has 0 fully saturated rings. The molecule has 0 radical (unpaired) electrons. The number of carbonyl (C=O) groups excluding carboxylic acids is 1. The van der Waals surface area contributed by atoms with Crippen LogP contribution in [-0.4, -0.2) is 36.9 Å². The van der Waals surface area contributed by atoms with E-state index >= 15 is 0 Å². The van der Waals surface area contributed by atoms with Crippen LogP contribution in [0.25, 0.3) is 0 Å². The van der Waals surface area contributed by atoms with E-state index in [-0.39, 0.29) is 18.7 Å². The van der Waals surface area contributed by atoms with Gasteiger partial charge in [0.25, 0.3) is 0 Å². The van der Waals surface area contributed by atoms with Crippen molar-refractivity contribution >= 4 is 6.03 Å². The highest BCUT2D eigenvalue weighted by Gasteiger charge is 2.07. The van der Waals surface area contributed by atoms with Gasteiger partial charge in [-0.25, -0.2) is 4.79 Å². The van der Waals surface area contributed by atoms with Crippen LogP contribution >= 0.6 is 0 Å². The summed E-state index contributed by atoms with van der Waals surface area (Å²) in [6, 6.07) is 7.53. The maximum absolute atomic E-state index is 11.4. The summed E-state index contributed by atoms with van der Waals surface area (Å²) in [5, 5.41) is 14.0. The first-order valence-electron chi connectivity index (χ1n) is 6.48. The molecule has 5 nitrogen and oxygen atoms in total. The molecule has 106 valence electrons. The highest BCUT2D eigenvalue weighted by atomic mass is 16.5. The van der Waals surface area contributed by atoms with Crippen LogP contribution in [0.15, 0.2) is 24.3 Å². The second-order valence-corrected chi connectivity index (χ2v) is 4.41. The molecular formula is C14H22N2O3. The number of benzene rings is 1. The zero-order chi connectivity index (χ0) is 14.1. The molecule has 0 aliphatic carbocycles. The van der Waals surface area contributed by atoms with E-state index in [1.807, 2.05) is 38.1 Å². The van der Waals surface area contributed by atoms with E-state index in [0.29, 0.717) is 19.5 Å². The average Bonchev–Trinajstić information content (AvgIpc) is 2.39. The Bertz CT molecular complexity index is 396. The molecule has 0 spiro atoms. The van der Waals surface area contributed by atoms with Gasteiger partial charge in [-0.1, -0.05) is 18.2 Å². The third-order valence-corrected chi connectivity index (χ3v) is 2.59. The van der Waals surface area contributed by atoms with Gasteiger partial charge < -0.3 is 20.5 Å². The number of aryl methyl sites for hydroxylation is 1. The minimum absolute atomic E-state index is 0.0765. The van der Waals surface area contributed by atoms with Crippen molar-refractivity contribution in [1.29, 1.82) is 0 Å². The molecule has 1 aromatic rings. The average molecular weight is 266 g/mol. The van der Waals surface area contributed by atoms with Crippen LogP contribution in [0.2, 0.25) is 0 Å². The van der Waals surface area contributed by atoms with Gasteiger partial charge in [0.05, 0.1) is 6.54 Å². The molecule has 0 aromatic heterocycles. The van der Waals surface area contributed by atoms with E-state index in [2.05, 4.69) is 10.6 Å². The Morgan fingerprint density at radius 1 is 1.37 bits per heavy atom. The van der Waals surface area contributed by atoms with Crippen molar-refractivity contribution in [3.8, 4) is 5.75 Å². The maximum atomic E-state index is 11.4. The fourth-order valence-electron chi connectivity index (χ4n) is 1.53. The summed E-state index contributed by atoms with van der Waals surface area (Å²) in [6.07, 6.45) is 0.451. The molecule has 0 saturated carbocycles. The number of urea groups is 1. The van der Waals surface area contributed by atoms with Crippen molar-refractivity contribution in [2.75, 3.05) is 19.7 Å². The predicted molar refractivity (Wildman–Crippen MR) is 74.4 cm³/mol. The number of ether oxygens (including phenoxy) is 1. The molecule has 0 saturated heterocycles. The fraction of sp³-hybridized carbons (Fsp3) is 0.500. The fourth-order valence-corrected chi connectivity index (χ4v) is 1.53. The number of aliphatic hydroxyl groups excluding tert-OH is 1. The molecule has 0 bridgehead atoms. The van der Waals surface area contributed by atoms with Crippen molar-refractivity contribution in [3.05, 3.63) is 29.8 Å². The summed E-state index contributed by atoms with van der Waals surface area (Å²) in [7, 11) is 0. The molecule has 0 heterocycles. The van der Waals surface area contributed by atoms with Crippen LogP contribution in [0.1, 0.15) is 18.9 Å². The lowest BCUT2D eigenvalue weighted by Crippen LogP contribution is -2.40. The highest BCUT2D eigenvalue weighted by Crippen LogP contribution is 2.17. The van der Waals surface area contributed by atoms with Crippen LogP contribution in [-0.2, 0) is 0 Å². The number of aliphatic hydroxyl groups is 1. The normalized spacial score (nSPS) is 11.7. The molecule has 1 atom stereocenters. The van der Waals surface area contributed by atoms with Gasteiger partial charge in [0.1, 0.15) is 11.9 Å². The highest BCUT2D eigenvalue weighted by molar-refractivity contribution is 5.73. The molecule has 19 heavy (non-hydrogen) atoms. The standard InChI is InChI=1S/C14H22N2O3/c1-11-6-3-4-7-13(11)19-12(2)10-16-14(18)15-8-5-9-17/h3-4,6-7,12,17H,5,8-10H2,1-2H3,(H2,15,16,18). The van der Waals surface area contributed by atoms with E-state index in [1.54, 1.807) is 0 Å². The van der Waals surface area contributed by atoms with Gasteiger partial charge >= 0.3 is 6.03 Å². The van der Waals surface area contributed by atoms with Crippen LogP contribution in [0.3, 0.4) is 0 Å². The lowest BCUT2D eigenvalue weighted by molar-refractivity contribution is 0.206. The van der Waals surface area contributed by atoms with Gasteiger partial charge in [-0.3, -0.25) is 0 Å². The summed E-state index contributed by atoms with van der Waals surface area (Å²) in [4.78, 5) is 11.4. The van der Waals surface area contributed by atoms with Gasteiger partial charge in [0, 0.05) is 13.2 Å². The van der Waals surface area contributed by atoms with Crippen LogP contribution in [0, 0.1) is 6.92 Å². The maximum Gasteiger partial charge on any atom is 0.314 e. The Morgan fingerprint density at radius 3 is 2.79 bits per heavy atom. The Morgan fingerprint density at radius 2 is 2.11 bits per heavy atom. The summed E-state index contributed by atoms with van der Waals surface area (Å²) < 4.78 is 5.74. The van der Waals surface area contributed by atoms with Crippen molar-refractivity contribution in [1.82, 2.24) is 10.6 Å². The number of nitrogens with one attached hydrogen (secondary N) is 2. The first-order valence-corrected chi connectivity index (χ1v) is 6.48. The SMILES string of the molecule is Cc1ccccc1OC(C)CNC(=O)NCCCO. The van der Waals surface area contributed by atoms with Crippen molar-refractivity contribution < 1.29 is 14.6 Å². The zero-order valence-electron chi connectivity index (χ0n) is 11.5. The smallest absolute Gasteiger partial charge is 0.314 e. The van der Waals surface area contributed by atoms with Gasteiger partial charge in [-0.15, -0.1) is 0 Å². The van der Waals surface area contributed by atoms with E-state index in [4.69, 9.17) is 9.84 Å². The lowest BCUT2D eigenvalue weighted by Gasteiger charge is -2.17. The predicted octanol–water partition coefficient (Wildman–Crippen LogP) is 1.44. The number of para-hydroxylation sites is 1. The van der Waals surface area contributed by atoms with Crippen molar-refractivity contribution in [3.63, 3.8) is 0 Å². The van der Waals surface area contributed by atoms with E-state index in [1.165, 1.54) is 0 Å². The molecule has 0 aliphatic rings. The Balaban J connectivity index is 2.26. The second-order valence-electron chi connectivity index (χ2n) is 4.41. The summed E-state index contributed by atoms with van der Waals surface area (Å²) in [5.41, 5.74) is 1.07. The quantitative estimate of drug-likeness (QED) is 0.654. The topological polar surface area (TPSA) is 70.6 Å². The van der Waals surface area contributed by atoms with Crippen molar-refractivity contribution in [2.24, 2.45) is 0 Å². The first kappa shape index (κ1) is 15.3. The van der Waals surface area contributed by atoms with E-state index in [0.717, 1.165) is 11.3 Å². The molecule has 3 N–H and O–H groups in total. The lowest BCUT2D eigenvalue weighted by atomic mass is 10.2. The Labute approximate surface area is 114 Å². The van der Waals surface area contributed by atoms with Gasteiger partial charge in [0.2, 0.25) is 0 Å². The summed E-state index contributed by atoms with van der Waals surface area (Å²) in [5.74, 6) is 0.831. The Hall–Kier alpha value is -1.75. The Kier molecular flexibility index (Phi) is 6.74. The van der Waals surface area contributed by atoms with Crippen LogP contribution < -0.4 is 15.4 Å². The van der Waals surface area contributed by atoms with Gasteiger partial charge in [0.15, 0.2) is 0 Å². The van der Waals surface area contributed by atoms with E-state index < -0.39 is 0 Å². The molecule has 1 rings (SSSR count). The second kappa shape index (κ2) is 8.37. The monoisotopic (exact) mass is 266 g/mol. The van der Waals surface area contributed by atoms with Crippen LogP contribution in [0.4, 0.5) is 4.79 Å². The third-order valence-electron chi connectivity index (χ3n) is 2.59. The molecule has 5 heteroatoms. The molecule has 0 aliphatic heterocycles. The number of hydrogen-bond acceptors (Lipinski definition) is 3. The molecule has 1 unspecified atom stereocenters. The van der Waals surface area contributed by atoms with Crippen molar-refractivity contribution in [2.45, 2.75) is 26.4 Å². The van der Waals surface area contributed by atoms with Gasteiger partial charge in [-0.2, -0.15) is 0 Å². The first-order chi connectivity index (χ1) is 9.13. The zero-order valence-corrected chi connectivity index (χ0v) is 11.5. The molecule has 2 amide bonds. The van der Waals surface area contributed by atoms with E-state index in [9.17, 15) is 4.79 Å². The summed E-state index contributed by atoms with van der Waals surface area (Å²) in [6.45, 7) is 4.86. The molecule has 1 aromatic carbocycles. The number of carbonyl (C=O) groups is 1. The number of amides is 2. The number of hydrogen-bond donors (Lipinski definition) is 3. The largest absolute Gasteiger partial charge is 0.489 e. The molecular weight excluding hydrogens is 244 g/mol. The van der Waals surface area contributed by atoms with Crippen LogP contribution in [0.5, 0.6) is 5.75 Å². The number of rotatable bonds is 7. The summed E-state index contributed by atoms with van der Waals surface area (Å²) >= 11 is 0. The minimum atomic E-state index is -0.242. The third kappa shape index (κ3) is 6.10. The van der Waals surface area contributed by atoms with Gasteiger partial charge in [-0.05, 0) is 31.9 Å². The minimum Gasteiger partial charge on any atom is -0.489 e.